The van der Waals surface area contributed by atoms with Crippen molar-refractivity contribution in [3.8, 4) is 0 Å². The number of aliphatic imine (C=N–C) groups is 1. The monoisotopic (exact) mass is 336 g/mol. The number of guanidine groups is 1. The Morgan fingerprint density at radius 1 is 1.38 bits per heavy atom. The number of nitrogens with zero attached hydrogens (tertiary/aromatic N) is 2. The molecule has 0 aliphatic carbocycles. The molecule has 0 bridgehead atoms. The number of hydrogen-bond acceptors (Lipinski definition) is 4. The van der Waals surface area contributed by atoms with Crippen molar-refractivity contribution < 1.29 is 9.15 Å². The lowest BCUT2D eigenvalue weighted by Crippen LogP contribution is -2.47. The molecule has 24 heavy (non-hydrogen) atoms. The van der Waals surface area contributed by atoms with Crippen molar-refractivity contribution in [2.24, 2.45) is 4.99 Å². The van der Waals surface area contributed by atoms with Crippen molar-refractivity contribution in [1.82, 2.24) is 15.5 Å². The maximum Gasteiger partial charge on any atom is 0.191 e. The number of ether oxygens (including phenoxy) is 1. The Morgan fingerprint density at radius 3 is 2.71 bits per heavy atom. The van der Waals surface area contributed by atoms with Crippen LogP contribution in [-0.2, 0) is 4.74 Å². The van der Waals surface area contributed by atoms with Crippen LogP contribution in [0.3, 0.4) is 0 Å². The summed E-state index contributed by atoms with van der Waals surface area (Å²) in [5.41, 5.74) is -0.0864. The van der Waals surface area contributed by atoms with Gasteiger partial charge in [0.15, 0.2) is 5.96 Å². The van der Waals surface area contributed by atoms with Gasteiger partial charge in [0.1, 0.15) is 5.76 Å². The summed E-state index contributed by atoms with van der Waals surface area (Å²) in [4.78, 5) is 6.71. The second-order valence-corrected chi connectivity index (χ2v) is 6.46. The lowest BCUT2D eigenvalue weighted by molar-refractivity contribution is 0.0242. The fourth-order valence-corrected chi connectivity index (χ4v) is 3.22. The summed E-state index contributed by atoms with van der Waals surface area (Å²) >= 11 is 0. The van der Waals surface area contributed by atoms with Gasteiger partial charge in [-0.25, -0.2) is 0 Å². The van der Waals surface area contributed by atoms with Crippen molar-refractivity contribution in [3.63, 3.8) is 0 Å². The van der Waals surface area contributed by atoms with Crippen molar-refractivity contribution in [1.29, 1.82) is 0 Å². The summed E-state index contributed by atoms with van der Waals surface area (Å²) < 4.78 is 11.5. The molecule has 2 N–H and O–H groups in total. The standard InChI is InChI=1S/C18H32N4O2/c1-5-22(6-2)15(16-9-7-11-23-16)13-20-17(19-4)21-14-18(3)10-8-12-24-18/h7,9,11,15H,5-6,8,10,12-14H2,1-4H3,(H2,19,20,21). The molecule has 136 valence electrons. The SMILES string of the molecule is CCN(CC)C(CNC(=NC)NCC1(C)CCCO1)c1ccco1. The number of furan rings is 1. The van der Waals surface area contributed by atoms with Crippen LogP contribution in [0.2, 0.25) is 0 Å². The maximum absolute atomic E-state index is 5.82. The summed E-state index contributed by atoms with van der Waals surface area (Å²) in [6.07, 6.45) is 3.95. The van der Waals surface area contributed by atoms with Gasteiger partial charge >= 0.3 is 0 Å². The molecule has 0 radical (unpaired) electrons. The molecule has 1 saturated heterocycles. The lowest BCUT2D eigenvalue weighted by atomic mass is 10.0. The predicted octanol–water partition coefficient (Wildman–Crippen LogP) is 2.40. The third-order valence-corrected chi connectivity index (χ3v) is 4.74. The van der Waals surface area contributed by atoms with Crippen LogP contribution in [0.5, 0.6) is 0 Å². The molecule has 2 heterocycles. The molecular formula is C18H32N4O2. The van der Waals surface area contributed by atoms with Gasteiger partial charge < -0.3 is 19.8 Å². The topological polar surface area (TPSA) is 62.0 Å². The molecule has 1 aliphatic heterocycles. The fraction of sp³-hybridized carbons (Fsp3) is 0.722. The third kappa shape index (κ3) is 4.98. The highest BCUT2D eigenvalue weighted by molar-refractivity contribution is 5.79. The second-order valence-electron chi connectivity index (χ2n) is 6.46. The van der Waals surface area contributed by atoms with Crippen LogP contribution in [0.15, 0.2) is 27.8 Å². The first-order valence-electron chi connectivity index (χ1n) is 8.97. The first-order chi connectivity index (χ1) is 11.6. The molecule has 2 atom stereocenters. The van der Waals surface area contributed by atoms with Crippen LogP contribution >= 0.6 is 0 Å². The van der Waals surface area contributed by atoms with E-state index in [2.05, 4.69) is 41.3 Å². The first-order valence-corrected chi connectivity index (χ1v) is 8.97. The minimum atomic E-state index is -0.0864. The Kier molecular flexibility index (Phi) is 7.12. The number of hydrogen-bond donors (Lipinski definition) is 2. The van der Waals surface area contributed by atoms with Crippen LogP contribution in [0.25, 0.3) is 0 Å². The van der Waals surface area contributed by atoms with Gasteiger partial charge in [0.05, 0.1) is 17.9 Å². The second kappa shape index (κ2) is 9.08. The number of likely N-dealkylation sites (N-methyl/N-ethyl adjacent to an activating group) is 1. The average molecular weight is 336 g/mol. The molecule has 1 aliphatic rings. The van der Waals surface area contributed by atoms with Gasteiger partial charge in [-0.05, 0) is 45.0 Å². The predicted molar refractivity (Wildman–Crippen MR) is 97.3 cm³/mol. The van der Waals surface area contributed by atoms with E-state index in [9.17, 15) is 0 Å². The smallest absolute Gasteiger partial charge is 0.191 e. The van der Waals surface area contributed by atoms with E-state index in [-0.39, 0.29) is 11.6 Å². The number of nitrogens with one attached hydrogen (secondary N) is 2. The quantitative estimate of drug-likeness (QED) is 0.564. The zero-order chi connectivity index (χ0) is 17.4. The van der Waals surface area contributed by atoms with E-state index in [1.807, 2.05) is 12.1 Å². The lowest BCUT2D eigenvalue weighted by Gasteiger charge is -2.29. The average Bonchev–Trinajstić information content (AvgIpc) is 3.26. The van der Waals surface area contributed by atoms with Gasteiger partial charge in [0.2, 0.25) is 0 Å². The normalized spacial score (nSPS) is 22.8. The molecule has 2 unspecified atom stereocenters. The van der Waals surface area contributed by atoms with E-state index in [0.717, 1.165) is 57.3 Å². The van der Waals surface area contributed by atoms with Crippen molar-refractivity contribution in [2.45, 2.75) is 45.3 Å². The molecule has 2 rings (SSSR count). The van der Waals surface area contributed by atoms with Crippen LogP contribution in [0.1, 0.15) is 45.4 Å². The minimum Gasteiger partial charge on any atom is -0.468 e. The van der Waals surface area contributed by atoms with Gasteiger partial charge in [-0.15, -0.1) is 0 Å². The molecule has 6 heteroatoms. The molecule has 0 saturated carbocycles. The maximum atomic E-state index is 5.82. The van der Waals surface area contributed by atoms with Crippen molar-refractivity contribution in [3.05, 3.63) is 24.2 Å². The van der Waals surface area contributed by atoms with Crippen LogP contribution < -0.4 is 10.6 Å². The summed E-state index contributed by atoms with van der Waals surface area (Å²) in [6.45, 7) is 10.8. The molecule has 1 fully saturated rings. The summed E-state index contributed by atoms with van der Waals surface area (Å²) in [5.74, 6) is 1.78. The molecular weight excluding hydrogens is 304 g/mol. The third-order valence-electron chi connectivity index (χ3n) is 4.74. The minimum absolute atomic E-state index is 0.0864. The Hall–Kier alpha value is -1.53. The van der Waals surface area contributed by atoms with E-state index in [0.29, 0.717) is 0 Å². The molecule has 1 aromatic heterocycles. The highest BCUT2D eigenvalue weighted by atomic mass is 16.5. The van der Waals surface area contributed by atoms with Gasteiger partial charge in [-0.1, -0.05) is 13.8 Å². The van der Waals surface area contributed by atoms with Gasteiger partial charge in [-0.2, -0.15) is 0 Å². The largest absolute Gasteiger partial charge is 0.468 e. The molecule has 0 spiro atoms. The van der Waals surface area contributed by atoms with E-state index >= 15 is 0 Å². The zero-order valence-electron chi connectivity index (χ0n) is 15.5. The van der Waals surface area contributed by atoms with E-state index in [1.165, 1.54) is 0 Å². The van der Waals surface area contributed by atoms with Crippen molar-refractivity contribution >= 4 is 5.96 Å². The van der Waals surface area contributed by atoms with Crippen molar-refractivity contribution in [2.75, 3.05) is 39.8 Å². The Bertz CT molecular complexity index is 491. The Labute approximate surface area is 145 Å². The highest BCUT2D eigenvalue weighted by Crippen LogP contribution is 2.24. The van der Waals surface area contributed by atoms with Crippen LogP contribution in [-0.4, -0.2) is 56.3 Å². The van der Waals surface area contributed by atoms with Crippen LogP contribution in [0.4, 0.5) is 0 Å². The summed E-state index contributed by atoms with van der Waals surface area (Å²) in [5, 5.41) is 6.82. The summed E-state index contributed by atoms with van der Waals surface area (Å²) in [6, 6.07) is 4.16. The zero-order valence-corrected chi connectivity index (χ0v) is 15.5. The highest BCUT2D eigenvalue weighted by Gasteiger charge is 2.30. The first kappa shape index (κ1) is 18.8. The summed E-state index contributed by atoms with van der Waals surface area (Å²) in [7, 11) is 1.80. The number of rotatable bonds is 8. The van der Waals surface area contributed by atoms with Gasteiger partial charge in [0, 0.05) is 26.7 Å². The molecule has 0 aromatic carbocycles. The van der Waals surface area contributed by atoms with E-state index in [1.54, 1.807) is 13.3 Å². The Balaban J connectivity index is 1.91. The molecule has 6 nitrogen and oxygen atoms in total. The van der Waals surface area contributed by atoms with E-state index < -0.39 is 0 Å². The van der Waals surface area contributed by atoms with Gasteiger partial charge in [-0.3, -0.25) is 9.89 Å². The van der Waals surface area contributed by atoms with Gasteiger partial charge in [0.25, 0.3) is 0 Å². The fourth-order valence-electron chi connectivity index (χ4n) is 3.22. The Morgan fingerprint density at radius 2 is 2.17 bits per heavy atom. The molecule has 0 amide bonds. The van der Waals surface area contributed by atoms with E-state index in [4.69, 9.17) is 9.15 Å². The van der Waals surface area contributed by atoms with Crippen LogP contribution in [0, 0.1) is 0 Å². The molecule has 1 aromatic rings.